The Hall–Kier alpha value is -2.85. The smallest absolute Gasteiger partial charge is 0.308 e. The second-order valence-electron chi connectivity index (χ2n) is 11.9. The quantitative estimate of drug-likeness (QED) is 0.388. The van der Waals surface area contributed by atoms with Crippen molar-refractivity contribution in [3.63, 3.8) is 0 Å². The van der Waals surface area contributed by atoms with E-state index in [9.17, 15) is 19.5 Å². The minimum absolute atomic E-state index is 0.00393. The van der Waals surface area contributed by atoms with Gasteiger partial charge in [-0.2, -0.15) is 0 Å². The fraction of sp³-hybridized carbons (Fsp3) is 0.690. The minimum Gasteiger partial charge on any atom is -0.481 e. The molecule has 2 fully saturated rings. The molecule has 4 rings (SSSR count). The average molecular weight is 545 g/mol. The Morgan fingerprint density at radius 2 is 1.92 bits per heavy atom. The maximum absolute atomic E-state index is 13.5. The van der Waals surface area contributed by atoms with E-state index in [-0.39, 0.29) is 42.5 Å². The van der Waals surface area contributed by atoms with E-state index in [0.29, 0.717) is 63.6 Å². The fourth-order valence-corrected chi connectivity index (χ4v) is 6.27. The zero-order valence-corrected chi connectivity index (χ0v) is 23.6. The number of fused-ring (bicyclic) bond motifs is 1. The Balaban J connectivity index is 1.58. The van der Waals surface area contributed by atoms with Crippen molar-refractivity contribution in [2.45, 2.75) is 64.8 Å². The molecule has 1 aromatic carbocycles. The lowest BCUT2D eigenvalue weighted by molar-refractivity contribution is -0.144. The lowest BCUT2D eigenvalue weighted by atomic mass is 9.84. The van der Waals surface area contributed by atoms with Gasteiger partial charge in [0.2, 0.25) is 18.6 Å². The first kappa shape index (κ1) is 29.1. The second-order valence-corrected chi connectivity index (χ2v) is 11.9. The number of hydrogen-bond acceptors (Lipinski definition) is 7. The number of benzene rings is 1. The topological polar surface area (TPSA) is 126 Å². The molecular weight excluding hydrogens is 500 g/mol. The van der Waals surface area contributed by atoms with Gasteiger partial charge in [0.05, 0.1) is 12.5 Å². The van der Waals surface area contributed by atoms with Gasteiger partial charge in [0.25, 0.3) is 0 Å². The molecule has 3 N–H and O–H groups in total. The minimum atomic E-state index is -0.892. The fourth-order valence-electron chi connectivity index (χ4n) is 6.27. The lowest BCUT2D eigenvalue weighted by Crippen LogP contribution is -2.46. The molecule has 0 radical (unpaired) electrons. The number of unbranched alkanes of at least 4 members (excludes halogenated alkanes) is 1. The number of carbonyl (C=O) groups excluding carboxylic acids is 2. The number of amides is 2. The van der Waals surface area contributed by atoms with Gasteiger partial charge in [-0.3, -0.25) is 19.3 Å². The van der Waals surface area contributed by atoms with Gasteiger partial charge in [0.1, 0.15) is 0 Å². The molecule has 39 heavy (non-hydrogen) atoms. The van der Waals surface area contributed by atoms with Gasteiger partial charge in [-0.1, -0.05) is 33.3 Å². The molecule has 2 saturated heterocycles. The van der Waals surface area contributed by atoms with E-state index in [1.165, 1.54) is 0 Å². The Labute approximate surface area is 231 Å². The molecule has 0 spiro atoms. The number of carbonyl (C=O) groups is 3. The average Bonchev–Trinajstić information content (AvgIpc) is 3.56. The van der Waals surface area contributed by atoms with E-state index >= 15 is 0 Å². The van der Waals surface area contributed by atoms with Crippen molar-refractivity contribution in [3.8, 4) is 11.5 Å². The van der Waals surface area contributed by atoms with Crippen LogP contribution in [0.2, 0.25) is 0 Å². The van der Waals surface area contributed by atoms with Gasteiger partial charge in [-0.25, -0.2) is 0 Å². The zero-order chi connectivity index (χ0) is 28.2. The highest BCUT2D eigenvalue weighted by molar-refractivity contribution is 5.80. The monoisotopic (exact) mass is 544 g/mol. The van der Waals surface area contributed by atoms with Gasteiger partial charge in [-0.05, 0) is 48.9 Å². The predicted molar refractivity (Wildman–Crippen MR) is 147 cm³/mol. The largest absolute Gasteiger partial charge is 0.481 e. The summed E-state index contributed by atoms with van der Waals surface area (Å²) >= 11 is 0. The maximum Gasteiger partial charge on any atom is 0.308 e. The third kappa shape index (κ3) is 6.84. The van der Waals surface area contributed by atoms with Crippen LogP contribution in [0.5, 0.6) is 11.5 Å². The van der Waals surface area contributed by atoms with Crippen LogP contribution in [0.1, 0.15) is 64.4 Å². The van der Waals surface area contributed by atoms with Gasteiger partial charge in [0, 0.05) is 51.1 Å². The van der Waals surface area contributed by atoms with Crippen LogP contribution in [0.25, 0.3) is 0 Å². The standard InChI is InChI=1S/C29H44N4O6/c1-4-5-11-31(12-6-10-30)26(35)17-33-16-21(20-7-8-23-24(14-20)39-19-38-23)27(28(36)37)22(33)9-13-32-18-29(2,3)15-25(32)34/h7-8,14,21-22,27H,4-6,9-13,15-19,30H2,1-3H3,(H,36,37)/t21-,22+,27-/m1/s1. The number of rotatable bonds is 13. The third-order valence-corrected chi connectivity index (χ3v) is 8.26. The van der Waals surface area contributed by atoms with Crippen molar-refractivity contribution < 1.29 is 29.0 Å². The highest BCUT2D eigenvalue weighted by Gasteiger charge is 2.48. The van der Waals surface area contributed by atoms with Crippen LogP contribution in [0.15, 0.2) is 18.2 Å². The molecule has 0 bridgehead atoms. The normalized spacial score (nSPS) is 23.9. The number of ether oxygens (including phenoxy) is 2. The number of carboxylic acid groups (broad SMARTS) is 1. The second kappa shape index (κ2) is 12.6. The molecule has 0 saturated carbocycles. The summed E-state index contributed by atoms with van der Waals surface area (Å²) in [7, 11) is 0. The molecule has 3 aliphatic rings. The van der Waals surface area contributed by atoms with Crippen LogP contribution < -0.4 is 15.2 Å². The molecule has 3 atom stereocenters. The number of aliphatic carboxylic acids is 1. The number of nitrogens with zero attached hydrogens (tertiary/aromatic N) is 3. The maximum atomic E-state index is 13.5. The Morgan fingerprint density at radius 1 is 1.18 bits per heavy atom. The molecule has 10 nitrogen and oxygen atoms in total. The zero-order valence-electron chi connectivity index (χ0n) is 23.6. The first-order chi connectivity index (χ1) is 18.6. The van der Waals surface area contributed by atoms with Crippen LogP contribution >= 0.6 is 0 Å². The molecule has 10 heteroatoms. The van der Waals surface area contributed by atoms with Crippen molar-refractivity contribution in [2.75, 3.05) is 52.6 Å². The summed E-state index contributed by atoms with van der Waals surface area (Å²) in [4.78, 5) is 44.7. The van der Waals surface area contributed by atoms with Crippen LogP contribution in [0.4, 0.5) is 0 Å². The number of carboxylic acids is 1. The third-order valence-electron chi connectivity index (χ3n) is 8.26. The highest BCUT2D eigenvalue weighted by Crippen LogP contribution is 2.43. The van der Waals surface area contributed by atoms with E-state index in [1.807, 2.05) is 32.9 Å². The van der Waals surface area contributed by atoms with Crippen LogP contribution in [0, 0.1) is 11.3 Å². The van der Waals surface area contributed by atoms with Gasteiger partial charge < -0.3 is 30.1 Å². The Morgan fingerprint density at radius 3 is 2.59 bits per heavy atom. The molecule has 216 valence electrons. The Bertz CT molecular complexity index is 1040. The van der Waals surface area contributed by atoms with Gasteiger partial charge >= 0.3 is 5.97 Å². The summed E-state index contributed by atoms with van der Waals surface area (Å²) in [6, 6.07) is 5.20. The lowest BCUT2D eigenvalue weighted by Gasteiger charge is -2.31. The SMILES string of the molecule is CCCCN(CCCN)C(=O)CN1C[C@H](c2ccc3c(c2)OCO3)[C@@H](C(=O)O)[C@@H]1CCN1CC(C)(C)CC1=O. The van der Waals surface area contributed by atoms with Gasteiger partial charge in [0.15, 0.2) is 11.5 Å². The van der Waals surface area contributed by atoms with Crippen molar-refractivity contribution in [1.29, 1.82) is 0 Å². The molecule has 2 amide bonds. The summed E-state index contributed by atoms with van der Waals surface area (Å²) in [5.74, 6) is -0.584. The van der Waals surface area contributed by atoms with Crippen LogP contribution in [0.3, 0.4) is 0 Å². The molecular formula is C29H44N4O6. The van der Waals surface area contributed by atoms with Crippen LogP contribution in [-0.4, -0.2) is 96.2 Å². The predicted octanol–water partition coefficient (Wildman–Crippen LogP) is 2.51. The van der Waals surface area contributed by atoms with Crippen molar-refractivity contribution in [3.05, 3.63) is 23.8 Å². The van der Waals surface area contributed by atoms with Crippen molar-refractivity contribution >= 4 is 17.8 Å². The molecule has 3 aliphatic heterocycles. The van der Waals surface area contributed by atoms with E-state index in [4.69, 9.17) is 15.2 Å². The summed E-state index contributed by atoms with van der Waals surface area (Å²) < 4.78 is 11.0. The van der Waals surface area contributed by atoms with E-state index in [1.54, 1.807) is 0 Å². The van der Waals surface area contributed by atoms with Gasteiger partial charge in [-0.15, -0.1) is 0 Å². The van der Waals surface area contributed by atoms with Crippen molar-refractivity contribution in [1.82, 2.24) is 14.7 Å². The summed E-state index contributed by atoms with van der Waals surface area (Å²) in [5, 5.41) is 10.5. The number of nitrogens with two attached hydrogens (primary N) is 1. The molecule has 0 aliphatic carbocycles. The number of likely N-dealkylation sites (tertiary alicyclic amines) is 2. The van der Waals surface area contributed by atoms with E-state index in [0.717, 1.165) is 24.8 Å². The first-order valence-corrected chi connectivity index (χ1v) is 14.3. The molecule has 0 aromatic heterocycles. The molecule has 3 heterocycles. The Kier molecular flexibility index (Phi) is 9.38. The molecule has 1 aromatic rings. The first-order valence-electron chi connectivity index (χ1n) is 14.3. The van der Waals surface area contributed by atoms with E-state index < -0.39 is 11.9 Å². The number of hydrogen-bond donors (Lipinski definition) is 2. The highest BCUT2D eigenvalue weighted by atomic mass is 16.7. The summed E-state index contributed by atoms with van der Waals surface area (Å²) in [6.45, 7) is 9.87. The molecule has 0 unspecified atom stereocenters. The van der Waals surface area contributed by atoms with Crippen molar-refractivity contribution in [2.24, 2.45) is 17.1 Å². The van der Waals surface area contributed by atoms with E-state index in [2.05, 4.69) is 20.8 Å². The van der Waals surface area contributed by atoms with Crippen LogP contribution in [-0.2, 0) is 14.4 Å². The summed E-state index contributed by atoms with van der Waals surface area (Å²) in [6.07, 6.45) is 3.60. The summed E-state index contributed by atoms with van der Waals surface area (Å²) in [5.41, 5.74) is 6.50.